The van der Waals surface area contributed by atoms with Crippen LogP contribution in [-0.4, -0.2) is 45.9 Å². The highest BCUT2D eigenvalue weighted by Gasteiger charge is 2.21. The lowest BCUT2D eigenvalue weighted by Gasteiger charge is -2.15. The zero-order chi connectivity index (χ0) is 10.4. The Labute approximate surface area is 75.2 Å². The predicted octanol–water partition coefficient (Wildman–Crippen LogP) is -1.12. The fraction of sp³-hybridized carbons (Fsp3) is 0.714. The molecule has 2 atom stereocenters. The summed E-state index contributed by atoms with van der Waals surface area (Å²) in [4.78, 5) is 20.8. The van der Waals surface area contributed by atoms with Gasteiger partial charge in [-0.05, 0) is 13.3 Å². The summed E-state index contributed by atoms with van der Waals surface area (Å²) in [5.41, 5.74) is 0. The molecule has 0 aliphatic carbocycles. The second kappa shape index (κ2) is 5.50. The van der Waals surface area contributed by atoms with Crippen molar-refractivity contribution in [3.05, 3.63) is 0 Å². The highest BCUT2D eigenvalue weighted by Crippen LogP contribution is 1.94. The van der Waals surface area contributed by atoms with Crippen molar-refractivity contribution >= 4 is 11.9 Å². The summed E-state index contributed by atoms with van der Waals surface area (Å²) in [7, 11) is 0. The van der Waals surface area contributed by atoms with E-state index >= 15 is 0 Å². The van der Waals surface area contributed by atoms with Crippen LogP contribution in [0.1, 0.15) is 13.3 Å². The maximum atomic E-state index is 10.5. The first-order chi connectivity index (χ1) is 5.99. The van der Waals surface area contributed by atoms with Gasteiger partial charge in [0.2, 0.25) is 0 Å². The summed E-state index contributed by atoms with van der Waals surface area (Å²) in [5, 5.41) is 27.9. The molecule has 0 aliphatic rings. The van der Waals surface area contributed by atoms with E-state index in [0.29, 0.717) is 0 Å². The third kappa shape index (κ3) is 4.44. The highest BCUT2D eigenvalue weighted by atomic mass is 16.4. The van der Waals surface area contributed by atoms with Gasteiger partial charge in [0.15, 0.2) is 0 Å². The van der Waals surface area contributed by atoms with Crippen LogP contribution in [0.5, 0.6) is 0 Å². The average molecular weight is 191 g/mol. The number of rotatable bonds is 6. The van der Waals surface area contributed by atoms with E-state index in [1.165, 1.54) is 6.92 Å². The molecule has 0 rings (SSSR count). The van der Waals surface area contributed by atoms with Crippen molar-refractivity contribution in [3.63, 3.8) is 0 Å². The Bertz CT molecular complexity index is 193. The Morgan fingerprint density at radius 3 is 2.15 bits per heavy atom. The van der Waals surface area contributed by atoms with E-state index in [1.807, 2.05) is 0 Å². The number of carbonyl (C=O) groups is 2. The van der Waals surface area contributed by atoms with Crippen molar-refractivity contribution in [2.24, 2.45) is 0 Å². The van der Waals surface area contributed by atoms with Crippen LogP contribution in [0.15, 0.2) is 0 Å². The number of aliphatic hydroxyl groups is 1. The lowest BCUT2D eigenvalue weighted by Crippen LogP contribution is -2.46. The second-order valence-corrected chi connectivity index (χ2v) is 2.63. The SMILES string of the molecule is CC(NC(CCO)C(=O)O)C(=O)O. The third-order valence-electron chi connectivity index (χ3n) is 1.54. The first kappa shape index (κ1) is 11.9. The first-order valence-electron chi connectivity index (χ1n) is 3.81. The van der Waals surface area contributed by atoms with Gasteiger partial charge in [0.1, 0.15) is 12.1 Å². The van der Waals surface area contributed by atoms with Crippen LogP contribution >= 0.6 is 0 Å². The molecular weight excluding hydrogens is 178 g/mol. The standard InChI is InChI=1S/C7H13NO5/c1-4(6(10)11)8-5(2-3-9)7(12)13/h4-5,8-9H,2-3H2,1H3,(H,10,11)(H,12,13). The molecule has 0 saturated carbocycles. The molecular formula is C7H13NO5. The van der Waals surface area contributed by atoms with Gasteiger partial charge in [-0.2, -0.15) is 0 Å². The van der Waals surface area contributed by atoms with Gasteiger partial charge in [-0.3, -0.25) is 14.9 Å². The predicted molar refractivity (Wildman–Crippen MR) is 43.4 cm³/mol. The van der Waals surface area contributed by atoms with Crippen LogP contribution < -0.4 is 5.32 Å². The minimum Gasteiger partial charge on any atom is -0.480 e. The van der Waals surface area contributed by atoms with E-state index in [2.05, 4.69) is 5.32 Å². The topological polar surface area (TPSA) is 107 Å². The number of hydrogen-bond donors (Lipinski definition) is 4. The third-order valence-corrected chi connectivity index (χ3v) is 1.54. The maximum Gasteiger partial charge on any atom is 0.320 e. The van der Waals surface area contributed by atoms with Crippen LogP contribution in [0.3, 0.4) is 0 Å². The van der Waals surface area contributed by atoms with Crippen molar-refractivity contribution in [1.82, 2.24) is 5.32 Å². The summed E-state index contributed by atoms with van der Waals surface area (Å²) in [6, 6.07) is -1.95. The van der Waals surface area contributed by atoms with Crippen molar-refractivity contribution in [3.8, 4) is 0 Å². The maximum absolute atomic E-state index is 10.5. The van der Waals surface area contributed by atoms with Crippen molar-refractivity contribution < 1.29 is 24.9 Å². The molecule has 0 fully saturated rings. The minimum atomic E-state index is -1.16. The molecule has 0 radical (unpaired) electrons. The molecule has 0 aromatic carbocycles. The van der Waals surface area contributed by atoms with E-state index in [9.17, 15) is 9.59 Å². The molecule has 0 bridgehead atoms. The Kier molecular flexibility index (Phi) is 5.01. The smallest absolute Gasteiger partial charge is 0.320 e. The summed E-state index contributed by atoms with van der Waals surface area (Å²) in [6.45, 7) is 1.05. The minimum absolute atomic E-state index is 0.00699. The van der Waals surface area contributed by atoms with Crippen LogP contribution in [0.2, 0.25) is 0 Å². The van der Waals surface area contributed by atoms with Crippen LogP contribution in [0.25, 0.3) is 0 Å². The number of carboxylic acid groups (broad SMARTS) is 2. The van der Waals surface area contributed by atoms with Gasteiger partial charge in [-0.25, -0.2) is 0 Å². The van der Waals surface area contributed by atoms with E-state index in [4.69, 9.17) is 15.3 Å². The zero-order valence-corrected chi connectivity index (χ0v) is 7.23. The Morgan fingerprint density at radius 1 is 1.31 bits per heavy atom. The molecule has 0 aliphatic heterocycles. The summed E-state index contributed by atoms with van der Waals surface area (Å²) in [6.07, 6.45) is -0.00699. The molecule has 6 nitrogen and oxygen atoms in total. The van der Waals surface area contributed by atoms with Gasteiger partial charge in [0.05, 0.1) is 0 Å². The van der Waals surface area contributed by atoms with Crippen LogP contribution in [0, 0.1) is 0 Å². The van der Waals surface area contributed by atoms with Gasteiger partial charge < -0.3 is 15.3 Å². The van der Waals surface area contributed by atoms with E-state index in [-0.39, 0.29) is 13.0 Å². The first-order valence-corrected chi connectivity index (χ1v) is 3.81. The van der Waals surface area contributed by atoms with E-state index in [0.717, 1.165) is 0 Å². The largest absolute Gasteiger partial charge is 0.480 e. The summed E-state index contributed by atoms with van der Waals surface area (Å²) >= 11 is 0. The molecule has 13 heavy (non-hydrogen) atoms. The highest BCUT2D eigenvalue weighted by molar-refractivity contribution is 5.77. The fourth-order valence-electron chi connectivity index (χ4n) is 0.780. The number of nitrogens with one attached hydrogen (secondary N) is 1. The Balaban J connectivity index is 4.09. The number of aliphatic carboxylic acids is 2. The molecule has 2 unspecified atom stereocenters. The molecule has 0 aromatic heterocycles. The lowest BCUT2D eigenvalue weighted by atomic mass is 10.2. The van der Waals surface area contributed by atoms with Crippen molar-refractivity contribution in [2.75, 3.05) is 6.61 Å². The summed E-state index contributed by atoms with van der Waals surface area (Å²) < 4.78 is 0. The molecule has 0 saturated heterocycles. The van der Waals surface area contributed by atoms with Gasteiger partial charge in [0, 0.05) is 6.61 Å². The van der Waals surface area contributed by atoms with E-state index in [1.54, 1.807) is 0 Å². The monoisotopic (exact) mass is 191 g/mol. The Morgan fingerprint density at radius 2 is 1.85 bits per heavy atom. The quantitative estimate of drug-likeness (QED) is 0.424. The normalized spacial score (nSPS) is 14.9. The summed E-state index contributed by atoms with van der Waals surface area (Å²) in [5.74, 6) is -2.29. The number of carboxylic acids is 2. The number of aliphatic hydroxyl groups excluding tert-OH is 1. The molecule has 6 heteroatoms. The number of hydrogen-bond acceptors (Lipinski definition) is 4. The molecule has 0 aromatic rings. The van der Waals surface area contributed by atoms with E-state index < -0.39 is 24.0 Å². The second-order valence-electron chi connectivity index (χ2n) is 2.63. The molecule has 0 spiro atoms. The van der Waals surface area contributed by atoms with Gasteiger partial charge in [-0.1, -0.05) is 0 Å². The van der Waals surface area contributed by atoms with Crippen LogP contribution in [-0.2, 0) is 9.59 Å². The Hall–Kier alpha value is -1.14. The molecule has 0 heterocycles. The van der Waals surface area contributed by atoms with Gasteiger partial charge in [-0.15, -0.1) is 0 Å². The van der Waals surface area contributed by atoms with Crippen molar-refractivity contribution in [2.45, 2.75) is 25.4 Å². The molecule has 76 valence electrons. The molecule has 0 amide bonds. The van der Waals surface area contributed by atoms with Gasteiger partial charge in [0.25, 0.3) is 0 Å². The van der Waals surface area contributed by atoms with Gasteiger partial charge >= 0.3 is 11.9 Å². The van der Waals surface area contributed by atoms with Crippen molar-refractivity contribution in [1.29, 1.82) is 0 Å². The average Bonchev–Trinajstić information content (AvgIpc) is 2.03. The molecule has 4 N–H and O–H groups in total. The fourth-order valence-corrected chi connectivity index (χ4v) is 0.780. The zero-order valence-electron chi connectivity index (χ0n) is 7.23. The van der Waals surface area contributed by atoms with Crippen LogP contribution in [0.4, 0.5) is 0 Å². The lowest BCUT2D eigenvalue weighted by molar-refractivity contribution is -0.142.